The monoisotopic (exact) mass is 328 g/mol. The van der Waals surface area contributed by atoms with E-state index in [4.69, 9.17) is 4.52 Å². The molecule has 23 heavy (non-hydrogen) atoms. The van der Waals surface area contributed by atoms with Gasteiger partial charge in [0.05, 0.1) is 4.91 Å². The summed E-state index contributed by atoms with van der Waals surface area (Å²) in [7, 11) is 0. The second kappa shape index (κ2) is 6.21. The van der Waals surface area contributed by atoms with Gasteiger partial charge in [0.25, 0.3) is 5.91 Å². The lowest BCUT2D eigenvalue weighted by molar-refractivity contribution is 0.0967. The van der Waals surface area contributed by atoms with Crippen LogP contribution in [0.15, 0.2) is 45.8 Å². The van der Waals surface area contributed by atoms with Crippen LogP contribution in [-0.4, -0.2) is 28.4 Å². The number of hydrogen-bond donors (Lipinski definition) is 1. The zero-order valence-electron chi connectivity index (χ0n) is 12.2. The third kappa shape index (κ3) is 2.83. The number of nitrogens with zero attached hydrogens (tertiary/aromatic N) is 1. The number of hydrogen-bond acceptors (Lipinski definition) is 6. The standard InChI is InChI=1S/C16H12N2O4S/c1-2-23-11-8-10(19)15-12(14(11)20)13(18-22-15)16(21)17-9-6-4-3-5-7-9/h3-8H,2H2,1H3,(H,17,21). The SMILES string of the molecule is CCSC1=CC(=O)c2onc(C(=O)Nc3ccccc3)c2C1=O. The predicted octanol–water partition coefficient (Wildman–Crippen LogP) is 2.94. The molecule has 0 aliphatic heterocycles. The number of carbonyl (C=O) groups excluding carboxylic acids is 3. The van der Waals surface area contributed by atoms with Crippen molar-refractivity contribution in [3.63, 3.8) is 0 Å². The summed E-state index contributed by atoms with van der Waals surface area (Å²) in [5.41, 5.74) is 0.314. The number of para-hydroxylation sites is 1. The van der Waals surface area contributed by atoms with Crippen molar-refractivity contribution in [2.24, 2.45) is 0 Å². The minimum absolute atomic E-state index is 0.0677. The second-order valence-corrected chi connectivity index (χ2v) is 6.00. The molecule has 0 unspecified atom stereocenters. The first-order valence-corrected chi connectivity index (χ1v) is 7.90. The summed E-state index contributed by atoms with van der Waals surface area (Å²) in [6.07, 6.45) is 1.23. The van der Waals surface area contributed by atoms with Gasteiger partial charge in [-0.05, 0) is 17.9 Å². The lowest BCUT2D eigenvalue weighted by Gasteiger charge is -2.10. The lowest BCUT2D eigenvalue weighted by atomic mass is 9.99. The maximum absolute atomic E-state index is 12.5. The molecular weight excluding hydrogens is 316 g/mol. The summed E-state index contributed by atoms with van der Waals surface area (Å²) in [6, 6.07) is 8.75. The van der Waals surface area contributed by atoms with Gasteiger partial charge in [-0.1, -0.05) is 30.3 Å². The van der Waals surface area contributed by atoms with E-state index in [2.05, 4.69) is 10.5 Å². The van der Waals surface area contributed by atoms with Crippen LogP contribution in [-0.2, 0) is 0 Å². The summed E-state index contributed by atoms with van der Waals surface area (Å²) in [6.45, 7) is 1.87. The molecular formula is C16H12N2O4S. The van der Waals surface area contributed by atoms with Crippen molar-refractivity contribution in [2.75, 3.05) is 11.1 Å². The maximum atomic E-state index is 12.5. The highest BCUT2D eigenvalue weighted by Crippen LogP contribution is 2.30. The van der Waals surface area contributed by atoms with E-state index >= 15 is 0 Å². The fourth-order valence-electron chi connectivity index (χ4n) is 2.17. The van der Waals surface area contributed by atoms with Crippen LogP contribution < -0.4 is 5.32 Å². The Morgan fingerprint density at radius 2 is 2.00 bits per heavy atom. The highest BCUT2D eigenvalue weighted by molar-refractivity contribution is 8.04. The summed E-state index contributed by atoms with van der Waals surface area (Å²) in [5.74, 6) is -1.01. The Morgan fingerprint density at radius 1 is 1.26 bits per heavy atom. The summed E-state index contributed by atoms with van der Waals surface area (Å²) in [5, 5.41) is 6.24. The molecule has 0 bridgehead atoms. The Bertz CT molecular complexity index is 824. The van der Waals surface area contributed by atoms with E-state index in [1.165, 1.54) is 17.8 Å². The zero-order valence-corrected chi connectivity index (χ0v) is 13.0. The number of carbonyl (C=O) groups is 3. The maximum Gasteiger partial charge on any atom is 0.278 e. The van der Waals surface area contributed by atoms with E-state index < -0.39 is 17.5 Å². The van der Waals surface area contributed by atoms with E-state index in [1.807, 2.05) is 13.0 Å². The minimum atomic E-state index is -0.593. The summed E-state index contributed by atoms with van der Waals surface area (Å²) < 4.78 is 4.92. The fraction of sp³-hybridized carbons (Fsp3) is 0.125. The van der Waals surface area contributed by atoms with Crippen molar-refractivity contribution < 1.29 is 18.9 Å². The number of anilines is 1. The number of rotatable bonds is 4. The van der Waals surface area contributed by atoms with Gasteiger partial charge in [0.1, 0.15) is 5.56 Å². The lowest BCUT2D eigenvalue weighted by Crippen LogP contribution is -2.20. The molecule has 1 heterocycles. The van der Waals surface area contributed by atoms with Gasteiger partial charge in [-0.25, -0.2) is 0 Å². The number of fused-ring (bicyclic) bond motifs is 1. The minimum Gasteiger partial charge on any atom is -0.351 e. The van der Waals surface area contributed by atoms with Crippen LogP contribution in [0.25, 0.3) is 0 Å². The van der Waals surface area contributed by atoms with Gasteiger partial charge in [0, 0.05) is 11.8 Å². The van der Waals surface area contributed by atoms with E-state index in [0.29, 0.717) is 16.3 Å². The number of nitrogens with one attached hydrogen (secondary N) is 1. The molecule has 1 aromatic carbocycles. The van der Waals surface area contributed by atoms with Crippen LogP contribution in [0.5, 0.6) is 0 Å². The largest absolute Gasteiger partial charge is 0.351 e. The van der Waals surface area contributed by atoms with Crippen LogP contribution >= 0.6 is 11.8 Å². The van der Waals surface area contributed by atoms with Crippen molar-refractivity contribution in [1.29, 1.82) is 0 Å². The molecule has 1 aliphatic carbocycles. The van der Waals surface area contributed by atoms with Gasteiger partial charge in [-0.2, -0.15) is 0 Å². The van der Waals surface area contributed by atoms with Crippen molar-refractivity contribution in [3.8, 4) is 0 Å². The molecule has 1 aromatic heterocycles. The average Bonchev–Trinajstić information content (AvgIpc) is 2.99. The molecule has 2 aromatic rings. The highest BCUT2D eigenvalue weighted by atomic mass is 32.2. The third-order valence-electron chi connectivity index (χ3n) is 3.18. The molecule has 1 aliphatic rings. The molecule has 1 N–H and O–H groups in total. The number of allylic oxidation sites excluding steroid dienone is 2. The fourth-order valence-corrected chi connectivity index (χ4v) is 2.91. The molecule has 0 fully saturated rings. The molecule has 0 saturated carbocycles. The number of ketones is 2. The average molecular weight is 328 g/mol. The van der Waals surface area contributed by atoms with E-state index in [0.717, 1.165) is 0 Å². The molecule has 3 rings (SSSR count). The van der Waals surface area contributed by atoms with Gasteiger partial charge < -0.3 is 9.84 Å². The van der Waals surface area contributed by atoms with E-state index in [-0.39, 0.29) is 17.0 Å². The third-order valence-corrected chi connectivity index (χ3v) is 4.08. The Balaban J connectivity index is 1.94. The summed E-state index contributed by atoms with van der Waals surface area (Å²) >= 11 is 1.25. The van der Waals surface area contributed by atoms with Crippen molar-refractivity contribution in [3.05, 3.63) is 58.3 Å². The molecule has 0 saturated heterocycles. The molecule has 1 amide bonds. The van der Waals surface area contributed by atoms with Gasteiger partial charge in [0.2, 0.25) is 17.3 Å². The number of amides is 1. The topological polar surface area (TPSA) is 89.3 Å². The normalized spacial score (nSPS) is 13.5. The van der Waals surface area contributed by atoms with Crippen LogP contribution in [0.3, 0.4) is 0 Å². The predicted molar refractivity (Wildman–Crippen MR) is 85.8 cm³/mol. The molecule has 0 radical (unpaired) electrons. The highest BCUT2D eigenvalue weighted by Gasteiger charge is 2.35. The first kappa shape index (κ1) is 15.2. The first-order chi connectivity index (χ1) is 11.1. The summed E-state index contributed by atoms with van der Waals surface area (Å²) in [4.78, 5) is 37.1. The van der Waals surface area contributed by atoms with Gasteiger partial charge >= 0.3 is 0 Å². The Kier molecular flexibility index (Phi) is 4.12. The molecule has 6 nitrogen and oxygen atoms in total. The molecule has 116 valence electrons. The van der Waals surface area contributed by atoms with Crippen LogP contribution in [0, 0.1) is 0 Å². The quantitative estimate of drug-likeness (QED) is 0.928. The molecule has 7 heteroatoms. The second-order valence-electron chi connectivity index (χ2n) is 4.69. The number of aromatic nitrogens is 1. The van der Waals surface area contributed by atoms with E-state index in [1.54, 1.807) is 24.3 Å². The Hall–Kier alpha value is -2.67. The number of thioether (sulfide) groups is 1. The first-order valence-electron chi connectivity index (χ1n) is 6.91. The van der Waals surface area contributed by atoms with Gasteiger partial charge in [0.15, 0.2) is 5.69 Å². The Labute approximate surface area is 135 Å². The van der Waals surface area contributed by atoms with Crippen LogP contribution in [0.1, 0.15) is 38.3 Å². The Morgan fingerprint density at radius 3 is 2.70 bits per heavy atom. The molecule has 0 spiro atoms. The molecule has 0 atom stereocenters. The van der Waals surface area contributed by atoms with Crippen molar-refractivity contribution in [1.82, 2.24) is 5.16 Å². The van der Waals surface area contributed by atoms with Gasteiger partial charge in [-0.15, -0.1) is 11.8 Å². The number of benzene rings is 1. The zero-order chi connectivity index (χ0) is 16.4. The van der Waals surface area contributed by atoms with Crippen molar-refractivity contribution in [2.45, 2.75) is 6.92 Å². The van der Waals surface area contributed by atoms with Gasteiger partial charge in [-0.3, -0.25) is 14.4 Å². The van der Waals surface area contributed by atoms with Crippen LogP contribution in [0.2, 0.25) is 0 Å². The van der Waals surface area contributed by atoms with Crippen molar-refractivity contribution >= 4 is 34.9 Å². The smallest absolute Gasteiger partial charge is 0.278 e. The van der Waals surface area contributed by atoms with E-state index in [9.17, 15) is 14.4 Å². The number of Topliss-reactive ketones (excluding diaryl/α,β-unsaturated/α-hetero) is 1. The van der Waals surface area contributed by atoms with Crippen LogP contribution in [0.4, 0.5) is 5.69 Å².